The highest BCUT2D eigenvalue weighted by atomic mass is 16.5. The van der Waals surface area contributed by atoms with Crippen LogP contribution in [0.3, 0.4) is 0 Å². The molecule has 0 aliphatic rings. The fourth-order valence-corrected chi connectivity index (χ4v) is 2.14. The zero-order valence-corrected chi connectivity index (χ0v) is 13.1. The quantitative estimate of drug-likeness (QED) is 0.549. The van der Waals surface area contributed by atoms with Crippen LogP contribution < -0.4 is 0 Å². The molecule has 0 radical (unpaired) electrons. The Balaban J connectivity index is 2.06. The maximum atomic E-state index is 12.1. The van der Waals surface area contributed by atoms with Crippen molar-refractivity contribution in [1.82, 2.24) is 0 Å². The van der Waals surface area contributed by atoms with E-state index in [1.54, 1.807) is 0 Å². The zero-order chi connectivity index (χ0) is 17.7. The lowest BCUT2D eigenvalue weighted by Gasteiger charge is -2.19. The van der Waals surface area contributed by atoms with Crippen molar-refractivity contribution in [3.8, 4) is 0 Å². The van der Waals surface area contributed by atoms with E-state index in [1.807, 2.05) is 30.3 Å². The average molecular weight is 336 g/mol. The summed E-state index contributed by atoms with van der Waals surface area (Å²) in [7, 11) is 0. The van der Waals surface area contributed by atoms with E-state index < -0.39 is 30.9 Å². The fourth-order valence-electron chi connectivity index (χ4n) is 2.14. The fraction of sp³-hybridized carbons (Fsp3) is 0.353. The molecule has 0 fully saturated rings. The molecule has 0 bridgehead atoms. The SMILES string of the molecule is Cc1oc(C(O)C(O)C(O)CO)cc1C(=O)OCc1ccccc1. The van der Waals surface area contributed by atoms with Crippen LogP contribution in [0.2, 0.25) is 0 Å². The van der Waals surface area contributed by atoms with E-state index >= 15 is 0 Å². The average Bonchev–Trinajstić information content (AvgIpc) is 3.00. The maximum absolute atomic E-state index is 12.1. The lowest BCUT2D eigenvalue weighted by atomic mass is 10.1. The minimum absolute atomic E-state index is 0.0913. The highest BCUT2D eigenvalue weighted by Gasteiger charge is 2.29. The topological polar surface area (TPSA) is 120 Å². The number of hydrogen-bond donors (Lipinski definition) is 4. The van der Waals surface area contributed by atoms with Crippen LogP contribution in [0.1, 0.15) is 33.5 Å². The van der Waals surface area contributed by atoms with Gasteiger partial charge in [0.2, 0.25) is 0 Å². The molecule has 7 heteroatoms. The Morgan fingerprint density at radius 3 is 2.50 bits per heavy atom. The van der Waals surface area contributed by atoms with Crippen molar-refractivity contribution < 1.29 is 34.4 Å². The van der Waals surface area contributed by atoms with Gasteiger partial charge in [-0.15, -0.1) is 0 Å². The Labute approximate surface area is 138 Å². The number of benzene rings is 1. The molecule has 7 nitrogen and oxygen atoms in total. The monoisotopic (exact) mass is 336 g/mol. The summed E-state index contributed by atoms with van der Waals surface area (Å²) in [4.78, 5) is 12.1. The van der Waals surface area contributed by atoms with Gasteiger partial charge < -0.3 is 29.6 Å². The van der Waals surface area contributed by atoms with E-state index in [1.165, 1.54) is 13.0 Å². The number of furan rings is 1. The van der Waals surface area contributed by atoms with Crippen molar-refractivity contribution in [2.75, 3.05) is 6.61 Å². The van der Waals surface area contributed by atoms with Gasteiger partial charge in [-0.25, -0.2) is 4.79 Å². The number of ether oxygens (including phenoxy) is 1. The predicted octanol–water partition coefficient (Wildman–Crippen LogP) is 0.693. The van der Waals surface area contributed by atoms with Gasteiger partial charge in [-0.05, 0) is 18.6 Å². The summed E-state index contributed by atoms with van der Waals surface area (Å²) >= 11 is 0. The first-order chi connectivity index (χ1) is 11.4. The van der Waals surface area contributed by atoms with Crippen molar-refractivity contribution in [2.45, 2.75) is 31.8 Å². The molecule has 24 heavy (non-hydrogen) atoms. The van der Waals surface area contributed by atoms with Gasteiger partial charge in [0.1, 0.15) is 42.0 Å². The largest absolute Gasteiger partial charge is 0.463 e. The first-order valence-corrected chi connectivity index (χ1v) is 7.40. The van der Waals surface area contributed by atoms with Crippen LogP contribution in [-0.4, -0.2) is 45.2 Å². The number of aliphatic hydroxyl groups excluding tert-OH is 4. The number of hydrogen-bond acceptors (Lipinski definition) is 7. The van der Waals surface area contributed by atoms with Crippen LogP contribution in [0.25, 0.3) is 0 Å². The lowest BCUT2D eigenvalue weighted by Crippen LogP contribution is -2.34. The molecular weight excluding hydrogens is 316 g/mol. The Hall–Kier alpha value is -2.19. The second-order valence-corrected chi connectivity index (χ2v) is 5.37. The molecule has 0 aliphatic heterocycles. The first-order valence-electron chi connectivity index (χ1n) is 7.40. The number of aryl methyl sites for hydroxylation is 1. The molecule has 0 spiro atoms. The van der Waals surface area contributed by atoms with Crippen LogP contribution in [0, 0.1) is 6.92 Å². The van der Waals surface area contributed by atoms with Gasteiger partial charge in [-0.1, -0.05) is 30.3 Å². The third-order valence-corrected chi connectivity index (χ3v) is 3.57. The van der Waals surface area contributed by atoms with Gasteiger partial charge in [0.15, 0.2) is 0 Å². The van der Waals surface area contributed by atoms with Gasteiger partial charge in [-0.3, -0.25) is 0 Å². The number of rotatable bonds is 7. The second kappa shape index (κ2) is 8.07. The second-order valence-electron chi connectivity index (χ2n) is 5.37. The summed E-state index contributed by atoms with van der Waals surface area (Å²) in [6.45, 7) is 0.891. The molecule has 1 aromatic carbocycles. The van der Waals surface area contributed by atoms with Gasteiger partial charge >= 0.3 is 5.97 Å². The van der Waals surface area contributed by atoms with Crippen LogP contribution in [0.5, 0.6) is 0 Å². The minimum atomic E-state index is -1.64. The number of carbonyl (C=O) groups excluding carboxylic acids is 1. The molecule has 0 saturated heterocycles. The molecule has 3 atom stereocenters. The predicted molar refractivity (Wildman–Crippen MR) is 83.1 cm³/mol. The van der Waals surface area contributed by atoms with Crippen LogP contribution >= 0.6 is 0 Å². The van der Waals surface area contributed by atoms with Crippen LogP contribution in [0.15, 0.2) is 40.8 Å². The first kappa shape index (κ1) is 18.2. The van der Waals surface area contributed by atoms with E-state index in [4.69, 9.17) is 14.3 Å². The molecular formula is C17H20O7. The number of carbonyl (C=O) groups is 1. The third kappa shape index (κ3) is 4.21. The number of aliphatic hydroxyl groups is 4. The Kier molecular flexibility index (Phi) is 6.10. The molecule has 2 aromatic rings. The molecule has 2 rings (SSSR count). The summed E-state index contributed by atoms with van der Waals surface area (Å²) in [6.07, 6.45) is -4.76. The van der Waals surface area contributed by atoms with Gasteiger partial charge in [0, 0.05) is 0 Å². The van der Waals surface area contributed by atoms with Crippen LogP contribution in [-0.2, 0) is 11.3 Å². The standard InChI is InChI=1S/C17H20O7/c1-10-12(17(22)23-9-11-5-3-2-4-6-11)7-14(24-10)16(21)15(20)13(19)8-18/h2-7,13,15-16,18-21H,8-9H2,1H3. The summed E-state index contributed by atoms with van der Waals surface area (Å²) in [5.74, 6) is -0.511. The molecule has 1 aromatic heterocycles. The summed E-state index contributed by atoms with van der Waals surface area (Å²) in [6, 6.07) is 10.4. The Morgan fingerprint density at radius 1 is 1.21 bits per heavy atom. The lowest BCUT2D eigenvalue weighted by molar-refractivity contribution is -0.0837. The Bertz CT molecular complexity index is 665. The van der Waals surface area contributed by atoms with E-state index in [0.29, 0.717) is 0 Å². The van der Waals surface area contributed by atoms with Crippen molar-refractivity contribution in [3.63, 3.8) is 0 Å². The van der Waals surface area contributed by atoms with E-state index in [2.05, 4.69) is 0 Å². The Morgan fingerprint density at radius 2 is 1.88 bits per heavy atom. The van der Waals surface area contributed by atoms with E-state index in [9.17, 15) is 20.1 Å². The smallest absolute Gasteiger partial charge is 0.342 e. The van der Waals surface area contributed by atoms with E-state index in [0.717, 1.165) is 5.56 Å². The maximum Gasteiger partial charge on any atom is 0.342 e. The van der Waals surface area contributed by atoms with E-state index in [-0.39, 0.29) is 23.7 Å². The van der Waals surface area contributed by atoms with Crippen molar-refractivity contribution in [1.29, 1.82) is 0 Å². The summed E-state index contributed by atoms with van der Waals surface area (Å²) in [5.41, 5.74) is 0.944. The molecule has 3 unspecified atom stereocenters. The zero-order valence-electron chi connectivity index (χ0n) is 13.1. The van der Waals surface area contributed by atoms with Gasteiger partial charge in [-0.2, -0.15) is 0 Å². The molecule has 1 heterocycles. The highest BCUT2D eigenvalue weighted by Crippen LogP contribution is 2.25. The molecule has 130 valence electrons. The van der Waals surface area contributed by atoms with Crippen LogP contribution in [0.4, 0.5) is 0 Å². The normalized spacial score (nSPS) is 14.9. The van der Waals surface area contributed by atoms with Crippen molar-refractivity contribution in [3.05, 3.63) is 59.0 Å². The summed E-state index contributed by atoms with van der Waals surface area (Å²) in [5, 5.41) is 37.8. The van der Waals surface area contributed by atoms with Gasteiger partial charge in [0.25, 0.3) is 0 Å². The van der Waals surface area contributed by atoms with Gasteiger partial charge in [0.05, 0.1) is 6.61 Å². The summed E-state index contributed by atoms with van der Waals surface area (Å²) < 4.78 is 10.4. The molecule has 0 amide bonds. The molecule has 0 saturated carbocycles. The molecule has 0 aliphatic carbocycles. The highest BCUT2D eigenvalue weighted by molar-refractivity contribution is 5.90. The third-order valence-electron chi connectivity index (χ3n) is 3.57. The van der Waals surface area contributed by atoms with Crippen molar-refractivity contribution >= 4 is 5.97 Å². The number of esters is 1. The minimum Gasteiger partial charge on any atom is -0.463 e. The van der Waals surface area contributed by atoms with Crippen molar-refractivity contribution in [2.24, 2.45) is 0 Å². The molecule has 4 N–H and O–H groups in total.